The van der Waals surface area contributed by atoms with E-state index in [2.05, 4.69) is 10.3 Å². The number of halogens is 1. The first-order valence-corrected chi connectivity index (χ1v) is 9.62. The van der Waals surface area contributed by atoms with Crippen molar-refractivity contribution in [1.29, 1.82) is 0 Å². The molecule has 0 aliphatic carbocycles. The summed E-state index contributed by atoms with van der Waals surface area (Å²) >= 11 is 6.30. The molecule has 0 unspecified atom stereocenters. The van der Waals surface area contributed by atoms with Crippen LogP contribution in [-0.2, 0) is 11.2 Å². The Morgan fingerprint density at radius 2 is 1.82 bits per heavy atom. The molecule has 0 radical (unpaired) electrons. The van der Waals surface area contributed by atoms with Crippen molar-refractivity contribution in [3.05, 3.63) is 70.9 Å². The van der Waals surface area contributed by atoms with Crippen LogP contribution in [0, 0.1) is 0 Å². The summed E-state index contributed by atoms with van der Waals surface area (Å²) in [6, 6.07) is 14.6. The fourth-order valence-electron chi connectivity index (χ4n) is 3.14. The molecule has 0 saturated carbocycles. The van der Waals surface area contributed by atoms with Gasteiger partial charge in [0.1, 0.15) is 0 Å². The number of anilines is 1. The number of hydrogen-bond acceptors (Lipinski definition) is 3. The molecule has 1 N–H and O–H groups in total. The van der Waals surface area contributed by atoms with E-state index >= 15 is 0 Å². The van der Waals surface area contributed by atoms with Gasteiger partial charge in [-0.05, 0) is 43.7 Å². The minimum Gasteiger partial charge on any atom is -0.339 e. The molecule has 28 heavy (non-hydrogen) atoms. The van der Waals surface area contributed by atoms with Gasteiger partial charge in [0.2, 0.25) is 5.91 Å². The fraction of sp³-hybridized carbons (Fsp3) is 0.227. The number of aromatic nitrogens is 1. The van der Waals surface area contributed by atoms with E-state index in [1.807, 2.05) is 44.2 Å². The zero-order valence-electron chi connectivity index (χ0n) is 15.9. The maximum absolute atomic E-state index is 12.5. The highest BCUT2D eigenvalue weighted by molar-refractivity contribution is 6.34. The van der Waals surface area contributed by atoms with Gasteiger partial charge >= 0.3 is 0 Å². The largest absolute Gasteiger partial charge is 0.339 e. The van der Waals surface area contributed by atoms with E-state index in [1.54, 1.807) is 29.3 Å². The quantitative estimate of drug-likeness (QED) is 0.665. The van der Waals surface area contributed by atoms with E-state index in [-0.39, 0.29) is 18.2 Å². The number of amides is 2. The predicted molar refractivity (Wildman–Crippen MR) is 113 cm³/mol. The molecule has 0 spiro atoms. The molecular formula is C22H22ClN3O2. The monoisotopic (exact) mass is 395 g/mol. The van der Waals surface area contributed by atoms with Crippen molar-refractivity contribution in [3.8, 4) is 0 Å². The average molecular weight is 396 g/mol. The van der Waals surface area contributed by atoms with Crippen molar-refractivity contribution in [2.45, 2.75) is 20.3 Å². The Balaban J connectivity index is 1.74. The SMILES string of the molecule is CCN(CC)C(=O)c1ccc(NC(=O)Cc2cccc3cccnc23)cc1Cl. The van der Waals surface area contributed by atoms with Gasteiger partial charge in [-0.1, -0.05) is 35.9 Å². The van der Waals surface area contributed by atoms with Crippen LogP contribution in [0.4, 0.5) is 5.69 Å². The molecule has 0 fully saturated rings. The Morgan fingerprint density at radius 3 is 2.54 bits per heavy atom. The third-order valence-electron chi connectivity index (χ3n) is 4.60. The van der Waals surface area contributed by atoms with Crippen molar-refractivity contribution < 1.29 is 9.59 Å². The second-order valence-electron chi connectivity index (χ2n) is 6.39. The van der Waals surface area contributed by atoms with Crippen LogP contribution in [0.1, 0.15) is 29.8 Å². The van der Waals surface area contributed by atoms with Crippen LogP contribution >= 0.6 is 11.6 Å². The number of benzene rings is 2. The van der Waals surface area contributed by atoms with Crippen LogP contribution in [0.25, 0.3) is 10.9 Å². The highest BCUT2D eigenvalue weighted by Gasteiger charge is 2.16. The molecule has 0 bridgehead atoms. The molecule has 3 rings (SSSR count). The minimum absolute atomic E-state index is 0.116. The topological polar surface area (TPSA) is 62.3 Å². The van der Waals surface area contributed by atoms with E-state index in [0.717, 1.165) is 16.5 Å². The molecule has 2 amide bonds. The molecule has 0 aliphatic rings. The summed E-state index contributed by atoms with van der Waals surface area (Å²) in [5.74, 6) is -0.285. The number of para-hydroxylation sites is 1. The molecule has 0 saturated heterocycles. The van der Waals surface area contributed by atoms with Gasteiger partial charge < -0.3 is 10.2 Å². The summed E-state index contributed by atoms with van der Waals surface area (Å²) in [5, 5.41) is 4.16. The van der Waals surface area contributed by atoms with Crippen LogP contribution in [0.5, 0.6) is 0 Å². The summed E-state index contributed by atoms with van der Waals surface area (Å²) in [6.45, 7) is 5.07. The van der Waals surface area contributed by atoms with Crippen molar-refractivity contribution in [1.82, 2.24) is 9.88 Å². The van der Waals surface area contributed by atoms with Gasteiger partial charge in [-0.15, -0.1) is 0 Å². The third kappa shape index (κ3) is 4.31. The first-order valence-electron chi connectivity index (χ1n) is 9.24. The summed E-state index contributed by atoms with van der Waals surface area (Å²) in [4.78, 5) is 31.1. The number of nitrogens with zero attached hydrogens (tertiary/aromatic N) is 2. The molecule has 6 heteroatoms. The van der Waals surface area contributed by atoms with E-state index in [9.17, 15) is 9.59 Å². The number of rotatable bonds is 6. The zero-order chi connectivity index (χ0) is 20.1. The predicted octanol–water partition coefficient (Wildman–Crippen LogP) is 4.55. The molecule has 2 aromatic carbocycles. The van der Waals surface area contributed by atoms with Crippen molar-refractivity contribution in [2.24, 2.45) is 0 Å². The Bertz CT molecular complexity index is 1010. The van der Waals surface area contributed by atoms with Crippen LogP contribution in [0.3, 0.4) is 0 Å². The molecule has 0 atom stereocenters. The van der Waals surface area contributed by atoms with Crippen molar-refractivity contribution in [2.75, 3.05) is 18.4 Å². The molecule has 3 aromatic rings. The summed E-state index contributed by atoms with van der Waals surface area (Å²) < 4.78 is 0. The first kappa shape index (κ1) is 19.8. The lowest BCUT2D eigenvalue weighted by Crippen LogP contribution is -2.30. The average Bonchev–Trinajstić information content (AvgIpc) is 2.69. The van der Waals surface area contributed by atoms with Crippen molar-refractivity contribution in [3.63, 3.8) is 0 Å². The summed E-state index contributed by atoms with van der Waals surface area (Å²) in [5.41, 5.74) is 2.66. The van der Waals surface area contributed by atoms with Gasteiger partial charge in [-0.3, -0.25) is 14.6 Å². The number of nitrogens with one attached hydrogen (secondary N) is 1. The van der Waals surface area contributed by atoms with Crippen LogP contribution in [0.2, 0.25) is 5.02 Å². The van der Waals surface area contributed by atoms with E-state index in [1.165, 1.54) is 0 Å². The maximum Gasteiger partial charge on any atom is 0.255 e. The Labute approximate surface area is 169 Å². The Morgan fingerprint density at radius 1 is 1.07 bits per heavy atom. The smallest absolute Gasteiger partial charge is 0.255 e. The number of carbonyl (C=O) groups is 2. The molecule has 5 nitrogen and oxygen atoms in total. The third-order valence-corrected chi connectivity index (χ3v) is 4.91. The summed E-state index contributed by atoms with van der Waals surface area (Å²) in [6.07, 6.45) is 1.92. The fourth-order valence-corrected chi connectivity index (χ4v) is 3.40. The molecule has 1 aromatic heterocycles. The van der Waals surface area contributed by atoms with Crippen LogP contribution in [-0.4, -0.2) is 34.8 Å². The number of fused-ring (bicyclic) bond motifs is 1. The van der Waals surface area contributed by atoms with Gasteiger partial charge in [0.05, 0.1) is 22.5 Å². The standard InChI is InChI=1S/C22H22ClN3O2/c1-3-26(4-2)22(28)18-11-10-17(14-19(18)23)25-20(27)13-16-8-5-7-15-9-6-12-24-21(15)16/h5-12,14H,3-4,13H2,1-2H3,(H,25,27). The van der Waals surface area contributed by atoms with E-state index < -0.39 is 0 Å². The van der Waals surface area contributed by atoms with E-state index in [0.29, 0.717) is 29.4 Å². The zero-order valence-corrected chi connectivity index (χ0v) is 16.7. The highest BCUT2D eigenvalue weighted by Crippen LogP contribution is 2.23. The van der Waals surface area contributed by atoms with Gasteiger partial charge in [-0.2, -0.15) is 0 Å². The Kier molecular flexibility index (Phi) is 6.26. The van der Waals surface area contributed by atoms with Gasteiger partial charge in [-0.25, -0.2) is 0 Å². The minimum atomic E-state index is -0.169. The van der Waals surface area contributed by atoms with E-state index in [4.69, 9.17) is 11.6 Å². The maximum atomic E-state index is 12.5. The second-order valence-corrected chi connectivity index (χ2v) is 6.80. The lowest BCUT2D eigenvalue weighted by Gasteiger charge is -2.19. The number of hydrogen-bond donors (Lipinski definition) is 1. The van der Waals surface area contributed by atoms with Crippen molar-refractivity contribution >= 4 is 40.0 Å². The first-order chi connectivity index (χ1) is 13.5. The molecule has 144 valence electrons. The van der Waals surface area contributed by atoms with Crippen LogP contribution in [0.15, 0.2) is 54.7 Å². The number of pyridine rings is 1. The van der Waals surface area contributed by atoms with Gasteiger partial charge in [0, 0.05) is 30.4 Å². The summed E-state index contributed by atoms with van der Waals surface area (Å²) in [7, 11) is 0. The highest BCUT2D eigenvalue weighted by atomic mass is 35.5. The molecular weight excluding hydrogens is 374 g/mol. The lowest BCUT2D eigenvalue weighted by molar-refractivity contribution is -0.115. The Hall–Kier alpha value is -2.92. The molecule has 1 heterocycles. The normalized spacial score (nSPS) is 10.7. The lowest BCUT2D eigenvalue weighted by atomic mass is 10.1. The number of carbonyl (C=O) groups excluding carboxylic acids is 2. The second kappa shape index (κ2) is 8.85. The van der Waals surface area contributed by atoms with Gasteiger partial charge in [0.25, 0.3) is 5.91 Å². The van der Waals surface area contributed by atoms with Crippen LogP contribution < -0.4 is 5.32 Å². The van der Waals surface area contributed by atoms with Gasteiger partial charge in [0.15, 0.2) is 0 Å². The molecule has 0 aliphatic heterocycles.